The molecule has 5 rings (SSSR count). The number of hydrogen-bond acceptors (Lipinski definition) is 6. The molecular formula is C30H22BrNO5S. The zero-order chi connectivity index (χ0) is 26.6. The molecule has 38 heavy (non-hydrogen) atoms. The van der Waals surface area contributed by atoms with E-state index in [1.54, 1.807) is 30.3 Å². The fourth-order valence-corrected chi connectivity index (χ4v) is 5.32. The molecule has 1 aliphatic heterocycles. The van der Waals surface area contributed by atoms with Crippen LogP contribution in [0.15, 0.2) is 94.3 Å². The summed E-state index contributed by atoms with van der Waals surface area (Å²) >= 11 is 4.34. The van der Waals surface area contributed by atoms with Crippen LogP contribution in [0.25, 0.3) is 16.8 Å². The van der Waals surface area contributed by atoms with E-state index in [-0.39, 0.29) is 24.3 Å². The number of hydrogen-bond donors (Lipinski definition) is 0. The van der Waals surface area contributed by atoms with Crippen LogP contribution in [0.1, 0.15) is 21.5 Å². The van der Waals surface area contributed by atoms with Crippen molar-refractivity contribution in [3.63, 3.8) is 0 Å². The molecule has 4 aromatic carbocycles. The van der Waals surface area contributed by atoms with Crippen LogP contribution in [0.5, 0.6) is 11.5 Å². The van der Waals surface area contributed by atoms with Crippen molar-refractivity contribution in [2.24, 2.45) is 0 Å². The van der Waals surface area contributed by atoms with Crippen LogP contribution >= 0.6 is 27.7 Å². The third-order valence-corrected chi connectivity index (χ3v) is 7.47. The largest absolute Gasteiger partial charge is 0.492 e. The van der Waals surface area contributed by atoms with Crippen molar-refractivity contribution in [2.45, 2.75) is 6.92 Å². The van der Waals surface area contributed by atoms with E-state index in [9.17, 15) is 14.4 Å². The second-order valence-corrected chi connectivity index (χ2v) is 10.4. The highest BCUT2D eigenvalue weighted by Gasteiger charge is 2.34. The number of thioether (sulfide) groups is 1. The van der Waals surface area contributed by atoms with Gasteiger partial charge in [0.15, 0.2) is 0 Å². The van der Waals surface area contributed by atoms with Gasteiger partial charge in [0.25, 0.3) is 11.1 Å². The highest BCUT2D eigenvalue weighted by molar-refractivity contribution is 9.10. The lowest BCUT2D eigenvalue weighted by atomic mass is 10.0. The van der Waals surface area contributed by atoms with E-state index in [2.05, 4.69) is 15.9 Å². The smallest absolute Gasteiger partial charge is 0.344 e. The van der Waals surface area contributed by atoms with Gasteiger partial charge in [-0.25, -0.2) is 4.79 Å². The highest BCUT2D eigenvalue weighted by atomic mass is 79.9. The fraction of sp³-hybridized carbons (Fsp3) is 0.100. The van der Waals surface area contributed by atoms with Crippen LogP contribution in [0.3, 0.4) is 0 Å². The van der Waals surface area contributed by atoms with Gasteiger partial charge < -0.3 is 9.47 Å². The molecule has 0 N–H and O–H groups in total. The Morgan fingerprint density at radius 2 is 1.74 bits per heavy atom. The molecule has 0 saturated carbocycles. The van der Waals surface area contributed by atoms with Crippen molar-refractivity contribution in [1.82, 2.24) is 4.90 Å². The molecule has 0 spiro atoms. The van der Waals surface area contributed by atoms with Gasteiger partial charge in [-0.3, -0.25) is 14.5 Å². The summed E-state index contributed by atoms with van der Waals surface area (Å²) in [5.74, 6) is 0.199. The first-order chi connectivity index (χ1) is 18.4. The zero-order valence-corrected chi connectivity index (χ0v) is 22.8. The summed E-state index contributed by atoms with van der Waals surface area (Å²) in [6.07, 6.45) is 1.65. The van der Waals surface area contributed by atoms with Gasteiger partial charge in [0, 0.05) is 0 Å². The Morgan fingerprint density at radius 1 is 0.974 bits per heavy atom. The first-order valence-corrected chi connectivity index (χ1v) is 13.4. The van der Waals surface area contributed by atoms with E-state index in [0.717, 1.165) is 28.1 Å². The monoisotopic (exact) mass is 587 g/mol. The summed E-state index contributed by atoms with van der Waals surface area (Å²) in [5.41, 5.74) is 2.28. The number of aryl methyl sites for hydroxylation is 1. The van der Waals surface area contributed by atoms with Crippen LogP contribution in [0, 0.1) is 6.92 Å². The Bertz CT molecular complexity index is 1580. The summed E-state index contributed by atoms with van der Waals surface area (Å²) in [6.45, 7) is 2.35. The Kier molecular flexibility index (Phi) is 7.62. The van der Waals surface area contributed by atoms with Crippen LogP contribution in [-0.2, 0) is 4.79 Å². The van der Waals surface area contributed by atoms with Crippen molar-refractivity contribution in [2.75, 3.05) is 13.2 Å². The molecule has 0 bridgehead atoms. The third kappa shape index (κ3) is 5.66. The van der Waals surface area contributed by atoms with E-state index in [4.69, 9.17) is 9.47 Å². The average molecular weight is 588 g/mol. The lowest BCUT2D eigenvalue weighted by Gasteiger charge is -2.13. The maximum atomic E-state index is 12.9. The molecule has 0 aromatic heterocycles. The number of benzene rings is 4. The number of halogens is 1. The summed E-state index contributed by atoms with van der Waals surface area (Å²) in [6, 6.07) is 25.8. The highest BCUT2D eigenvalue weighted by Crippen LogP contribution is 2.34. The summed E-state index contributed by atoms with van der Waals surface area (Å²) in [4.78, 5) is 39.7. The van der Waals surface area contributed by atoms with Gasteiger partial charge in [0.1, 0.15) is 18.1 Å². The van der Waals surface area contributed by atoms with Crippen LogP contribution in [0.2, 0.25) is 0 Å². The first-order valence-electron chi connectivity index (χ1n) is 11.8. The quantitative estimate of drug-likeness (QED) is 0.129. The second-order valence-electron chi connectivity index (χ2n) is 8.60. The molecule has 190 valence electrons. The molecule has 6 nitrogen and oxygen atoms in total. The number of imide groups is 1. The summed E-state index contributed by atoms with van der Waals surface area (Å²) in [5, 5.41) is 1.42. The lowest BCUT2D eigenvalue weighted by Crippen LogP contribution is -2.32. The van der Waals surface area contributed by atoms with Crippen molar-refractivity contribution < 1.29 is 23.9 Å². The van der Waals surface area contributed by atoms with E-state index in [1.165, 1.54) is 4.90 Å². The lowest BCUT2D eigenvalue weighted by molar-refractivity contribution is -0.123. The van der Waals surface area contributed by atoms with Crippen LogP contribution in [0.4, 0.5) is 4.79 Å². The van der Waals surface area contributed by atoms with Gasteiger partial charge in [0.2, 0.25) is 0 Å². The maximum absolute atomic E-state index is 12.9. The molecule has 1 saturated heterocycles. The van der Waals surface area contributed by atoms with Crippen molar-refractivity contribution >= 4 is 61.7 Å². The number of amides is 2. The van der Waals surface area contributed by atoms with Gasteiger partial charge in [-0.05, 0) is 87.4 Å². The molecule has 0 radical (unpaired) electrons. The normalized spacial score (nSPS) is 14.4. The number of carbonyl (C=O) groups is 3. The number of ether oxygens (including phenoxy) is 2. The van der Waals surface area contributed by atoms with E-state index in [0.29, 0.717) is 32.0 Å². The predicted molar refractivity (Wildman–Crippen MR) is 152 cm³/mol. The molecule has 0 aliphatic carbocycles. The van der Waals surface area contributed by atoms with E-state index < -0.39 is 5.97 Å². The molecule has 1 fully saturated rings. The first kappa shape index (κ1) is 25.8. The maximum Gasteiger partial charge on any atom is 0.344 e. The van der Waals surface area contributed by atoms with E-state index in [1.807, 2.05) is 67.6 Å². The van der Waals surface area contributed by atoms with E-state index >= 15 is 0 Å². The minimum Gasteiger partial charge on any atom is -0.492 e. The number of carbonyl (C=O) groups excluding carboxylic acids is 3. The van der Waals surface area contributed by atoms with Crippen molar-refractivity contribution in [3.05, 3.63) is 111 Å². The summed E-state index contributed by atoms with van der Waals surface area (Å²) < 4.78 is 11.9. The fourth-order valence-electron chi connectivity index (χ4n) is 3.98. The molecule has 0 unspecified atom stereocenters. The van der Waals surface area contributed by atoms with Gasteiger partial charge in [0.05, 0.1) is 21.5 Å². The Morgan fingerprint density at radius 3 is 2.53 bits per heavy atom. The number of nitrogens with zero attached hydrogens (tertiary/aromatic N) is 1. The molecule has 4 aromatic rings. The zero-order valence-electron chi connectivity index (χ0n) is 20.3. The number of rotatable bonds is 7. The molecule has 8 heteroatoms. The Labute approximate surface area is 232 Å². The van der Waals surface area contributed by atoms with Crippen LogP contribution in [-0.4, -0.2) is 35.2 Å². The molecule has 1 heterocycles. The van der Waals surface area contributed by atoms with Crippen molar-refractivity contribution in [3.8, 4) is 11.5 Å². The second kappa shape index (κ2) is 11.2. The summed E-state index contributed by atoms with van der Waals surface area (Å²) in [7, 11) is 0. The minimum absolute atomic E-state index is 0.155. The number of esters is 1. The molecule has 2 amide bonds. The standard InChI is InChI=1S/C30H22BrNO5S/c1-19-9-12-22(13-10-19)36-16-15-32-28(33)27(38-30(32)35)18-20-11-14-26(25(31)17-20)37-29(34)24-8-4-6-21-5-2-3-7-23(21)24/h2-14,17-18H,15-16H2,1H3/b27-18-. The Balaban J connectivity index is 1.24. The Hall–Kier alpha value is -3.88. The van der Waals surface area contributed by atoms with Crippen LogP contribution < -0.4 is 9.47 Å². The molecular weight excluding hydrogens is 566 g/mol. The minimum atomic E-state index is -0.468. The molecule has 1 aliphatic rings. The third-order valence-electron chi connectivity index (χ3n) is 5.94. The van der Waals surface area contributed by atoms with Gasteiger partial charge in [-0.15, -0.1) is 0 Å². The average Bonchev–Trinajstić information content (AvgIpc) is 3.18. The van der Waals surface area contributed by atoms with Crippen molar-refractivity contribution in [1.29, 1.82) is 0 Å². The van der Waals surface area contributed by atoms with Gasteiger partial charge in [-0.2, -0.15) is 0 Å². The van der Waals surface area contributed by atoms with Gasteiger partial charge in [-0.1, -0.05) is 60.2 Å². The SMILES string of the molecule is Cc1ccc(OCCN2C(=O)S/C(=C\c3ccc(OC(=O)c4cccc5ccccc45)c(Br)c3)C2=O)cc1. The topological polar surface area (TPSA) is 72.9 Å². The number of fused-ring (bicyclic) bond motifs is 1. The predicted octanol–water partition coefficient (Wildman–Crippen LogP) is 7.25. The van der Waals surface area contributed by atoms with Gasteiger partial charge >= 0.3 is 5.97 Å². The molecule has 0 atom stereocenters.